The number of hydrogen-bond acceptors (Lipinski definition) is 3. The lowest BCUT2D eigenvalue weighted by atomic mass is 10.1. The first kappa shape index (κ1) is 11.7. The summed E-state index contributed by atoms with van der Waals surface area (Å²) in [6.45, 7) is 3.96. The molecule has 3 N–H and O–H groups in total. The van der Waals surface area contributed by atoms with Gasteiger partial charge < -0.3 is 11.1 Å². The molecule has 1 aromatic carbocycles. The number of benzene rings is 1. The fourth-order valence-electron chi connectivity index (χ4n) is 1.55. The molecule has 0 aliphatic heterocycles. The van der Waals surface area contributed by atoms with Crippen molar-refractivity contribution in [2.24, 2.45) is 0 Å². The smallest absolute Gasteiger partial charge is 0.267 e. The highest BCUT2D eigenvalue weighted by Gasteiger charge is 2.12. The number of nitrogens with one attached hydrogen (secondary N) is 1. The van der Waals surface area contributed by atoms with Crippen LogP contribution in [-0.2, 0) is 0 Å². The number of aryl methyl sites for hydroxylation is 2. The maximum Gasteiger partial charge on any atom is 0.267 e. The van der Waals surface area contributed by atoms with Gasteiger partial charge in [-0.05, 0) is 42.5 Å². The van der Waals surface area contributed by atoms with E-state index in [1.807, 2.05) is 37.4 Å². The fraction of sp³-hybridized carbons (Fsp3) is 0.154. The third-order valence-corrected chi connectivity index (χ3v) is 3.47. The number of amides is 1. The molecule has 0 atom stereocenters. The zero-order valence-electron chi connectivity index (χ0n) is 9.78. The molecule has 0 fully saturated rings. The van der Waals surface area contributed by atoms with Gasteiger partial charge in [0.2, 0.25) is 0 Å². The zero-order valence-corrected chi connectivity index (χ0v) is 10.6. The van der Waals surface area contributed by atoms with Crippen molar-refractivity contribution in [3.8, 4) is 0 Å². The van der Waals surface area contributed by atoms with E-state index in [9.17, 15) is 4.79 Å². The van der Waals surface area contributed by atoms with Gasteiger partial charge >= 0.3 is 0 Å². The van der Waals surface area contributed by atoms with E-state index in [1.165, 1.54) is 11.3 Å². The Kier molecular flexibility index (Phi) is 3.15. The van der Waals surface area contributed by atoms with Gasteiger partial charge in [-0.2, -0.15) is 0 Å². The van der Waals surface area contributed by atoms with Crippen LogP contribution in [0.25, 0.3) is 0 Å². The van der Waals surface area contributed by atoms with Gasteiger partial charge in [-0.3, -0.25) is 4.79 Å². The Labute approximate surface area is 104 Å². The predicted molar refractivity (Wildman–Crippen MR) is 72.6 cm³/mol. The third-order valence-electron chi connectivity index (χ3n) is 2.54. The number of nitrogen functional groups attached to an aromatic ring is 1. The minimum absolute atomic E-state index is 0.147. The molecule has 0 spiro atoms. The van der Waals surface area contributed by atoms with Gasteiger partial charge in [-0.1, -0.05) is 12.1 Å². The second-order valence-corrected chi connectivity index (χ2v) is 4.89. The molecule has 0 aliphatic rings. The van der Waals surface area contributed by atoms with Crippen LogP contribution in [0.5, 0.6) is 0 Å². The van der Waals surface area contributed by atoms with Crippen molar-refractivity contribution in [2.75, 3.05) is 11.1 Å². The van der Waals surface area contributed by atoms with Crippen LogP contribution in [0.15, 0.2) is 29.6 Å². The van der Waals surface area contributed by atoms with Crippen LogP contribution in [0, 0.1) is 13.8 Å². The summed E-state index contributed by atoms with van der Waals surface area (Å²) < 4.78 is 0. The maximum atomic E-state index is 12.0. The normalized spacial score (nSPS) is 10.2. The standard InChI is InChI=1S/C13H14N2OS/c1-8-3-4-9(2)11(7-8)15-13(16)12-10(14)5-6-17-12/h3-7H,14H2,1-2H3,(H,15,16). The molecule has 0 saturated heterocycles. The summed E-state index contributed by atoms with van der Waals surface area (Å²) >= 11 is 1.35. The minimum atomic E-state index is -0.147. The van der Waals surface area contributed by atoms with Gasteiger partial charge in [0.05, 0.1) is 5.69 Å². The van der Waals surface area contributed by atoms with Crippen molar-refractivity contribution < 1.29 is 4.79 Å². The number of thiophene rings is 1. The zero-order chi connectivity index (χ0) is 12.4. The molecule has 0 saturated carbocycles. The molecule has 17 heavy (non-hydrogen) atoms. The first-order valence-electron chi connectivity index (χ1n) is 5.29. The monoisotopic (exact) mass is 246 g/mol. The topological polar surface area (TPSA) is 55.1 Å². The van der Waals surface area contributed by atoms with Crippen LogP contribution in [0.4, 0.5) is 11.4 Å². The summed E-state index contributed by atoms with van der Waals surface area (Å²) in [4.78, 5) is 12.5. The van der Waals surface area contributed by atoms with Crippen LogP contribution < -0.4 is 11.1 Å². The molecule has 4 heteroatoms. The van der Waals surface area contributed by atoms with Gasteiger partial charge in [0.25, 0.3) is 5.91 Å². The Morgan fingerprint density at radius 2 is 2.06 bits per heavy atom. The van der Waals surface area contributed by atoms with E-state index in [0.717, 1.165) is 16.8 Å². The third kappa shape index (κ3) is 2.47. The van der Waals surface area contributed by atoms with Crippen molar-refractivity contribution in [3.63, 3.8) is 0 Å². The van der Waals surface area contributed by atoms with Crippen molar-refractivity contribution in [1.82, 2.24) is 0 Å². The molecule has 1 amide bonds. The highest BCUT2D eigenvalue weighted by molar-refractivity contribution is 7.12. The van der Waals surface area contributed by atoms with Gasteiger partial charge in [-0.25, -0.2) is 0 Å². The summed E-state index contributed by atoms with van der Waals surface area (Å²) in [6.07, 6.45) is 0. The van der Waals surface area contributed by atoms with E-state index in [-0.39, 0.29) is 5.91 Å². The van der Waals surface area contributed by atoms with Gasteiger partial charge in [0.1, 0.15) is 4.88 Å². The van der Waals surface area contributed by atoms with E-state index in [2.05, 4.69) is 5.32 Å². The lowest BCUT2D eigenvalue weighted by Crippen LogP contribution is -2.12. The molecular weight excluding hydrogens is 232 g/mol. The molecule has 0 unspecified atom stereocenters. The lowest BCUT2D eigenvalue weighted by Gasteiger charge is -2.08. The van der Waals surface area contributed by atoms with E-state index < -0.39 is 0 Å². The fourth-order valence-corrected chi connectivity index (χ4v) is 2.27. The first-order valence-corrected chi connectivity index (χ1v) is 6.17. The molecule has 2 aromatic rings. The Morgan fingerprint density at radius 1 is 1.29 bits per heavy atom. The van der Waals surface area contributed by atoms with Gasteiger partial charge in [0, 0.05) is 5.69 Å². The average molecular weight is 246 g/mol. The quantitative estimate of drug-likeness (QED) is 0.855. The molecule has 0 bridgehead atoms. The molecule has 88 valence electrons. The van der Waals surface area contributed by atoms with Crippen LogP contribution in [0.1, 0.15) is 20.8 Å². The molecule has 0 radical (unpaired) electrons. The summed E-state index contributed by atoms with van der Waals surface area (Å²) in [5, 5.41) is 4.70. The van der Waals surface area contributed by atoms with E-state index in [0.29, 0.717) is 10.6 Å². The van der Waals surface area contributed by atoms with Crippen LogP contribution in [0.2, 0.25) is 0 Å². The number of nitrogens with two attached hydrogens (primary N) is 1. The Hall–Kier alpha value is -1.81. The second-order valence-electron chi connectivity index (χ2n) is 3.98. The minimum Gasteiger partial charge on any atom is -0.397 e. The summed E-state index contributed by atoms with van der Waals surface area (Å²) in [6, 6.07) is 7.70. The Bertz CT molecular complexity index is 560. The van der Waals surface area contributed by atoms with Crippen LogP contribution >= 0.6 is 11.3 Å². The highest BCUT2D eigenvalue weighted by Crippen LogP contribution is 2.22. The highest BCUT2D eigenvalue weighted by atomic mass is 32.1. The molecular formula is C13H14N2OS. The van der Waals surface area contributed by atoms with Gasteiger partial charge in [0.15, 0.2) is 0 Å². The number of carbonyl (C=O) groups is 1. The van der Waals surface area contributed by atoms with Crippen molar-refractivity contribution in [3.05, 3.63) is 45.6 Å². The first-order chi connectivity index (χ1) is 8.08. The molecule has 3 nitrogen and oxygen atoms in total. The van der Waals surface area contributed by atoms with Gasteiger partial charge in [-0.15, -0.1) is 11.3 Å². The number of rotatable bonds is 2. The molecule has 0 aliphatic carbocycles. The summed E-state index contributed by atoms with van der Waals surface area (Å²) in [7, 11) is 0. The van der Waals surface area contributed by atoms with Crippen molar-refractivity contribution in [1.29, 1.82) is 0 Å². The Balaban J connectivity index is 2.24. The number of anilines is 2. The van der Waals surface area contributed by atoms with Crippen LogP contribution in [-0.4, -0.2) is 5.91 Å². The van der Waals surface area contributed by atoms with E-state index in [4.69, 9.17) is 5.73 Å². The largest absolute Gasteiger partial charge is 0.397 e. The van der Waals surface area contributed by atoms with E-state index >= 15 is 0 Å². The SMILES string of the molecule is Cc1ccc(C)c(NC(=O)c2sccc2N)c1. The number of carbonyl (C=O) groups excluding carboxylic acids is 1. The van der Waals surface area contributed by atoms with E-state index in [1.54, 1.807) is 6.07 Å². The molecule has 1 aromatic heterocycles. The number of hydrogen-bond donors (Lipinski definition) is 2. The van der Waals surface area contributed by atoms with Crippen LogP contribution in [0.3, 0.4) is 0 Å². The maximum absolute atomic E-state index is 12.0. The van der Waals surface area contributed by atoms with Crippen molar-refractivity contribution >= 4 is 28.6 Å². The predicted octanol–water partition coefficient (Wildman–Crippen LogP) is 3.20. The molecule has 1 heterocycles. The average Bonchev–Trinajstić information content (AvgIpc) is 2.70. The lowest BCUT2D eigenvalue weighted by molar-refractivity contribution is 0.103. The second kappa shape index (κ2) is 4.59. The summed E-state index contributed by atoms with van der Waals surface area (Å²) in [5.74, 6) is -0.147. The Morgan fingerprint density at radius 3 is 2.71 bits per heavy atom. The van der Waals surface area contributed by atoms with Crippen molar-refractivity contribution in [2.45, 2.75) is 13.8 Å². The summed E-state index contributed by atoms with van der Waals surface area (Å²) in [5.41, 5.74) is 9.23. The molecule has 2 rings (SSSR count).